The van der Waals surface area contributed by atoms with Gasteiger partial charge in [-0.1, -0.05) is 61.0 Å². The molecule has 5 rings (SSSR count). The molecule has 0 aliphatic heterocycles. The molecule has 0 radical (unpaired) electrons. The predicted molar refractivity (Wildman–Crippen MR) is 122 cm³/mol. The molecule has 3 aromatic carbocycles. The molecule has 0 atom stereocenters. The van der Waals surface area contributed by atoms with E-state index >= 15 is 0 Å². The number of hydrogen-bond donors (Lipinski definition) is 1. The molecule has 5 heteroatoms. The SMILES string of the molecule is CCCC(=O)Nc1ccc2c(c1)nc1c3ccccc3c(-c3ccc(C)cc3)nn21. The topological polar surface area (TPSA) is 59.3 Å². The minimum absolute atomic E-state index is 0.0193. The summed E-state index contributed by atoms with van der Waals surface area (Å²) in [6.45, 7) is 4.08. The average Bonchev–Trinajstić information content (AvgIpc) is 3.12. The van der Waals surface area contributed by atoms with E-state index in [9.17, 15) is 4.79 Å². The van der Waals surface area contributed by atoms with Crippen molar-refractivity contribution in [2.24, 2.45) is 0 Å². The number of benzene rings is 3. The van der Waals surface area contributed by atoms with Crippen LogP contribution < -0.4 is 5.32 Å². The van der Waals surface area contributed by atoms with E-state index in [2.05, 4.69) is 48.6 Å². The van der Waals surface area contributed by atoms with Gasteiger partial charge in [-0.25, -0.2) is 9.50 Å². The number of fused-ring (bicyclic) bond motifs is 5. The number of imidazole rings is 1. The van der Waals surface area contributed by atoms with Crippen LogP contribution in [0.3, 0.4) is 0 Å². The lowest BCUT2D eigenvalue weighted by molar-refractivity contribution is -0.116. The number of hydrogen-bond acceptors (Lipinski definition) is 3. The van der Waals surface area contributed by atoms with Gasteiger partial charge in [0.2, 0.25) is 5.91 Å². The van der Waals surface area contributed by atoms with Crippen LogP contribution >= 0.6 is 0 Å². The molecule has 0 bridgehead atoms. The lowest BCUT2D eigenvalue weighted by Crippen LogP contribution is -2.10. The lowest BCUT2D eigenvalue weighted by Gasteiger charge is -2.08. The zero-order valence-electron chi connectivity index (χ0n) is 17.0. The van der Waals surface area contributed by atoms with Crippen molar-refractivity contribution in [3.63, 3.8) is 0 Å². The van der Waals surface area contributed by atoms with Crippen LogP contribution in [0.1, 0.15) is 25.3 Å². The van der Waals surface area contributed by atoms with Gasteiger partial charge in [0.15, 0.2) is 5.65 Å². The molecule has 2 aromatic heterocycles. The van der Waals surface area contributed by atoms with Crippen molar-refractivity contribution >= 4 is 39.0 Å². The summed E-state index contributed by atoms with van der Waals surface area (Å²) in [5.74, 6) is 0.0193. The fraction of sp³-hybridized carbons (Fsp3) is 0.160. The molecular formula is C25H22N4O. The molecule has 5 nitrogen and oxygen atoms in total. The molecule has 1 amide bonds. The Morgan fingerprint density at radius 2 is 1.77 bits per heavy atom. The number of anilines is 1. The van der Waals surface area contributed by atoms with Gasteiger partial charge in [0.25, 0.3) is 0 Å². The Bertz CT molecular complexity index is 1400. The van der Waals surface area contributed by atoms with E-state index in [4.69, 9.17) is 10.1 Å². The Kier molecular flexibility index (Phi) is 4.43. The average molecular weight is 394 g/mol. The maximum atomic E-state index is 12.0. The van der Waals surface area contributed by atoms with E-state index in [1.54, 1.807) is 0 Å². The number of rotatable bonds is 4. The predicted octanol–water partition coefficient (Wildman–Crippen LogP) is 5.75. The molecule has 2 heterocycles. The van der Waals surface area contributed by atoms with Gasteiger partial charge in [-0.2, -0.15) is 5.10 Å². The highest BCUT2D eigenvalue weighted by molar-refractivity contribution is 6.04. The third-order valence-corrected chi connectivity index (χ3v) is 5.34. The summed E-state index contributed by atoms with van der Waals surface area (Å²) in [7, 11) is 0. The molecule has 5 aromatic rings. The minimum atomic E-state index is 0.0193. The zero-order chi connectivity index (χ0) is 20.7. The first-order chi connectivity index (χ1) is 14.6. The Hall–Kier alpha value is -3.73. The van der Waals surface area contributed by atoms with Gasteiger partial charge in [-0.3, -0.25) is 4.79 Å². The van der Waals surface area contributed by atoms with Crippen LogP contribution in [0, 0.1) is 6.92 Å². The fourth-order valence-electron chi connectivity index (χ4n) is 3.83. The molecule has 30 heavy (non-hydrogen) atoms. The molecule has 1 N–H and O–H groups in total. The van der Waals surface area contributed by atoms with Crippen LogP contribution in [0.15, 0.2) is 66.7 Å². The number of carbonyl (C=O) groups is 1. The standard InChI is InChI=1S/C25H22N4O/c1-3-6-23(30)26-18-13-14-22-21(15-18)27-25-20-8-5-4-7-19(20)24(28-29(22)25)17-11-9-16(2)10-12-17/h4-5,7-15H,3,6H2,1-2H3,(H,26,30). The number of nitrogens with zero attached hydrogens (tertiary/aromatic N) is 3. The summed E-state index contributed by atoms with van der Waals surface area (Å²) in [5.41, 5.74) is 6.51. The monoisotopic (exact) mass is 394 g/mol. The fourth-order valence-corrected chi connectivity index (χ4v) is 3.83. The van der Waals surface area contributed by atoms with E-state index in [-0.39, 0.29) is 5.91 Å². The van der Waals surface area contributed by atoms with E-state index in [1.165, 1.54) is 5.56 Å². The largest absolute Gasteiger partial charge is 0.326 e. The summed E-state index contributed by atoms with van der Waals surface area (Å²) >= 11 is 0. The smallest absolute Gasteiger partial charge is 0.224 e. The number of aromatic nitrogens is 3. The maximum absolute atomic E-state index is 12.0. The lowest BCUT2D eigenvalue weighted by atomic mass is 10.0. The number of nitrogens with one attached hydrogen (secondary N) is 1. The van der Waals surface area contributed by atoms with Crippen molar-refractivity contribution in [3.05, 3.63) is 72.3 Å². The van der Waals surface area contributed by atoms with Crippen LogP contribution in [-0.2, 0) is 4.79 Å². The van der Waals surface area contributed by atoms with Gasteiger partial charge >= 0.3 is 0 Å². The molecule has 0 spiro atoms. The Balaban J connectivity index is 1.73. The molecule has 0 aliphatic carbocycles. The maximum Gasteiger partial charge on any atom is 0.224 e. The first kappa shape index (κ1) is 18.3. The zero-order valence-corrected chi connectivity index (χ0v) is 17.0. The molecular weight excluding hydrogens is 372 g/mol. The molecule has 0 saturated carbocycles. The van der Waals surface area contributed by atoms with Gasteiger partial charge in [0.1, 0.15) is 0 Å². The van der Waals surface area contributed by atoms with Crippen molar-refractivity contribution in [2.45, 2.75) is 26.7 Å². The number of carbonyl (C=O) groups excluding carboxylic acids is 1. The van der Waals surface area contributed by atoms with Crippen molar-refractivity contribution in [2.75, 3.05) is 5.32 Å². The van der Waals surface area contributed by atoms with Crippen molar-refractivity contribution < 1.29 is 4.79 Å². The normalized spacial score (nSPS) is 11.4. The summed E-state index contributed by atoms with van der Waals surface area (Å²) in [4.78, 5) is 16.8. The van der Waals surface area contributed by atoms with Crippen LogP contribution in [0.4, 0.5) is 5.69 Å². The molecule has 0 aliphatic rings. The van der Waals surface area contributed by atoms with E-state index in [0.717, 1.165) is 50.8 Å². The molecule has 0 fully saturated rings. The second-order valence-electron chi connectivity index (χ2n) is 7.61. The van der Waals surface area contributed by atoms with Crippen molar-refractivity contribution in [1.82, 2.24) is 14.6 Å². The molecule has 0 saturated heterocycles. The quantitative estimate of drug-likeness (QED) is 0.422. The third kappa shape index (κ3) is 3.08. The third-order valence-electron chi connectivity index (χ3n) is 5.34. The highest BCUT2D eigenvalue weighted by atomic mass is 16.1. The number of amides is 1. The van der Waals surface area contributed by atoms with Gasteiger partial charge < -0.3 is 5.32 Å². The van der Waals surface area contributed by atoms with Gasteiger partial charge in [-0.15, -0.1) is 0 Å². The van der Waals surface area contributed by atoms with E-state index in [0.29, 0.717) is 6.42 Å². The first-order valence-corrected chi connectivity index (χ1v) is 10.2. The summed E-state index contributed by atoms with van der Waals surface area (Å²) < 4.78 is 1.91. The van der Waals surface area contributed by atoms with Gasteiger partial charge in [0.05, 0.1) is 16.7 Å². The van der Waals surface area contributed by atoms with Crippen LogP contribution in [0.5, 0.6) is 0 Å². The Morgan fingerprint density at radius 3 is 2.53 bits per heavy atom. The second kappa shape index (κ2) is 7.26. The highest BCUT2D eigenvalue weighted by Crippen LogP contribution is 2.31. The molecule has 148 valence electrons. The van der Waals surface area contributed by atoms with E-state index < -0.39 is 0 Å². The second-order valence-corrected chi connectivity index (χ2v) is 7.61. The van der Waals surface area contributed by atoms with E-state index in [1.807, 2.05) is 41.8 Å². The summed E-state index contributed by atoms with van der Waals surface area (Å²) in [6.07, 6.45) is 1.33. The Labute approximate surface area is 174 Å². The highest BCUT2D eigenvalue weighted by Gasteiger charge is 2.15. The van der Waals surface area contributed by atoms with Crippen LogP contribution in [0.25, 0.3) is 38.7 Å². The first-order valence-electron chi connectivity index (χ1n) is 10.2. The molecule has 0 unspecified atom stereocenters. The van der Waals surface area contributed by atoms with Gasteiger partial charge in [-0.05, 0) is 31.5 Å². The van der Waals surface area contributed by atoms with Crippen molar-refractivity contribution in [1.29, 1.82) is 0 Å². The minimum Gasteiger partial charge on any atom is -0.326 e. The summed E-state index contributed by atoms with van der Waals surface area (Å²) in [6, 6.07) is 22.4. The van der Waals surface area contributed by atoms with Crippen LogP contribution in [-0.4, -0.2) is 20.5 Å². The summed E-state index contributed by atoms with van der Waals surface area (Å²) in [5, 5.41) is 10.1. The van der Waals surface area contributed by atoms with Crippen molar-refractivity contribution in [3.8, 4) is 11.3 Å². The number of aryl methyl sites for hydroxylation is 1. The Morgan fingerprint density at radius 1 is 1.00 bits per heavy atom. The van der Waals surface area contributed by atoms with Gasteiger partial charge in [0, 0.05) is 28.4 Å². The van der Waals surface area contributed by atoms with Crippen LogP contribution in [0.2, 0.25) is 0 Å².